The summed E-state index contributed by atoms with van der Waals surface area (Å²) in [6.45, 7) is 0. The van der Waals surface area contributed by atoms with Gasteiger partial charge in [-0.25, -0.2) is 0 Å². The smallest absolute Gasteiger partial charge is 0.545 e. The summed E-state index contributed by atoms with van der Waals surface area (Å²) in [7, 11) is 0. The Labute approximate surface area is 216 Å². The van der Waals surface area contributed by atoms with Crippen molar-refractivity contribution in [2.45, 2.75) is 0 Å². The van der Waals surface area contributed by atoms with Gasteiger partial charge in [0.2, 0.25) is 0 Å². The van der Waals surface area contributed by atoms with Gasteiger partial charge in [-0.15, -0.1) is 0 Å². The van der Waals surface area contributed by atoms with Gasteiger partial charge in [0.05, 0.1) is 11.9 Å². The first kappa shape index (κ1) is 23.3. The molecule has 0 heterocycles. The van der Waals surface area contributed by atoms with E-state index >= 15 is 0 Å². The summed E-state index contributed by atoms with van der Waals surface area (Å²) in [4.78, 5) is 33.8. The number of carboxylic acid groups (broad SMARTS) is 2. The number of carbonyl (C=O) groups is 3. The number of carbonyl (C=O) groups excluding carboxylic acids is 3. The third-order valence-electron chi connectivity index (χ3n) is 3.29. The van der Waals surface area contributed by atoms with Crippen molar-refractivity contribution in [1.82, 2.24) is 0 Å². The molecule has 2 N–H and O–H groups in total. The Morgan fingerprint density at radius 3 is 1.35 bits per heavy atom. The molecule has 0 aromatic heterocycles. The predicted octanol–water partition coefficient (Wildman–Crippen LogP) is -7.19. The molecule has 3 rings (SSSR count). The number of hydrogen-bond acceptors (Lipinski definition) is 5. The Morgan fingerprint density at radius 2 is 1.04 bits per heavy atom. The van der Waals surface area contributed by atoms with Crippen LogP contribution in [-0.2, 0) is 0 Å². The van der Waals surface area contributed by atoms with Crippen molar-refractivity contribution in [3.63, 3.8) is 0 Å². The van der Waals surface area contributed by atoms with E-state index in [4.69, 9.17) is 0 Å². The Bertz CT molecular complexity index is 735. The van der Waals surface area contributed by atoms with Gasteiger partial charge in [0.15, 0.2) is 5.78 Å². The maximum Gasteiger partial charge on any atom is 1.00 e. The Balaban J connectivity index is 0.00000161. The van der Waals surface area contributed by atoms with Crippen LogP contribution in [0.1, 0.15) is 36.6 Å². The van der Waals surface area contributed by atoms with Crippen LogP contribution in [0.15, 0.2) is 36.4 Å². The summed E-state index contributed by atoms with van der Waals surface area (Å²) in [6.07, 6.45) is 0. The number of hydrogen-bond donors (Lipinski definition) is 0. The predicted molar refractivity (Wildman–Crippen MR) is 67.6 cm³/mol. The quantitative estimate of drug-likeness (QED) is 0.418. The molecule has 0 saturated heterocycles. The third kappa shape index (κ3) is 4.28. The summed E-state index contributed by atoms with van der Waals surface area (Å²) in [5.74, 6) is -3.14. The first-order chi connectivity index (χ1) is 9.49. The van der Waals surface area contributed by atoms with Crippen LogP contribution in [0.5, 0.6) is 0 Å². The van der Waals surface area contributed by atoms with Crippen LogP contribution in [0.3, 0.4) is 0 Å². The summed E-state index contributed by atoms with van der Waals surface area (Å²) in [6, 6.07) is 8.22. The summed E-state index contributed by atoms with van der Waals surface area (Å²) in [5.41, 5.74) is 1.45. The standard InChI is InChI=1S/C15H8O5.2K.H2O/c16-13-11-5-7(14(17)18)1-3-9(11)10-4-2-8(15(19)20)6-12(10)13;;;/h1-6H,(H,17,18)(H,19,20);;;1H2/q;2*+1;/p-2. The van der Waals surface area contributed by atoms with Crippen LogP contribution in [0.2, 0.25) is 0 Å². The molecule has 1 aliphatic carbocycles. The number of benzene rings is 2. The monoisotopic (exact) mass is 362 g/mol. The fraction of sp³-hybridized carbons (Fsp3) is 0. The van der Waals surface area contributed by atoms with E-state index in [2.05, 4.69) is 0 Å². The molecule has 0 atom stereocenters. The first-order valence-electron chi connectivity index (χ1n) is 5.75. The molecule has 0 amide bonds. The summed E-state index contributed by atoms with van der Waals surface area (Å²) in [5, 5.41) is 21.6. The van der Waals surface area contributed by atoms with Gasteiger partial charge >= 0.3 is 103 Å². The zero-order chi connectivity index (χ0) is 14.4. The second-order valence-electron chi connectivity index (χ2n) is 4.42. The fourth-order valence-corrected chi connectivity index (χ4v) is 2.33. The molecule has 0 fully saturated rings. The van der Waals surface area contributed by atoms with Gasteiger partial charge in [-0.05, 0) is 34.4 Å². The maximum atomic E-state index is 12.2. The van der Waals surface area contributed by atoms with Crippen LogP contribution < -0.4 is 113 Å². The van der Waals surface area contributed by atoms with Crippen LogP contribution in [0, 0.1) is 0 Å². The topological polar surface area (TPSA) is 129 Å². The van der Waals surface area contributed by atoms with Crippen molar-refractivity contribution in [3.8, 4) is 11.1 Å². The van der Waals surface area contributed by atoms with Gasteiger partial charge < -0.3 is 25.3 Å². The van der Waals surface area contributed by atoms with Crippen LogP contribution in [-0.4, -0.2) is 23.2 Å². The minimum atomic E-state index is -1.37. The number of carboxylic acids is 2. The number of fused-ring (bicyclic) bond motifs is 3. The molecule has 0 unspecified atom stereocenters. The summed E-state index contributed by atoms with van der Waals surface area (Å²) < 4.78 is 0. The maximum absolute atomic E-state index is 12.2. The molecule has 0 saturated carbocycles. The Morgan fingerprint density at radius 1 is 0.696 bits per heavy atom. The second kappa shape index (κ2) is 9.11. The Kier molecular flexibility index (Phi) is 9.22. The van der Waals surface area contributed by atoms with Gasteiger partial charge in [0.1, 0.15) is 0 Å². The molecular formula is C15H8K2O6. The molecule has 6 nitrogen and oxygen atoms in total. The Hall–Kier alpha value is 0.283. The average Bonchev–Trinajstić information content (AvgIpc) is 2.71. The minimum absolute atomic E-state index is 0. The van der Waals surface area contributed by atoms with E-state index in [-0.39, 0.29) is 130 Å². The van der Waals surface area contributed by atoms with Gasteiger partial charge in [-0.2, -0.15) is 0 Å². The zero-order valence-electron chi connectivity index (χ0n) is 12.5. The molecule has 106 valence electrons. The van der Waals surface area contributed by atoms with E-state index in [1.165, 1.54) is 36.4 Å². The number of ketones is 1. The van der Waals surface area contributed by atoms with Gasteiger partial charge in [-0.1, -0.05) is 24.3 Å². The van der Waals surface area contributed by atoms with Crippen LogP contribution >= 0.6 is 0 Å². The van der Waals surface area contributed by atoms with Gasteiger partial charge in [0.25, 0.3) is 0 Å². The molecule has 2 aromatic carbocycles. The van der Waals surface area contributed by atoms with Gasteiger partial charge in [-0.3, -0.25) is 4.79 Å². The first-order valence-corrected chi connectivity index (χ1v) is 5.75. The molecule has 0 radical (unpaired) electrons. The van der Waals surface area contributed by atoms with Crippen LogP contribution in [0.4, 0.5) is 0 Å². The van der Waals surface area contributed by atoms with E-state index in [9.17, 15) is 24.6 Å². The van der Waals surface area contributed by atoms with E-state index in [0.29, 0.717) is 11.1 Å². The average molecular weight is 362 g/mol. The molecule has 0 aliphatic heterocycles. The SMILES string of the molecule is O.O=C([O-])c1ccc2c(c1)C(=O)c1cc(C(=O)[O-])ccc1-2.[K+].[K+]. The van der Waals surface area contributed by atoms with E-state index in [0.717, 1.165) is 0 Å². The van der Waals surface area contributed by atoms with Gasteiger partial charge in [0, 0.05) is 11.1 Å². The van der Waals surface area contributed by atoms with Crippen molar-refractivity contribution < 1.29 is 133 Å². The van der Waals surface area contributed by atoms with Crippen molar-refractivity contribution in [1.29, 1.82) is 0 Å². The largest absolute Gasteiger partial charge is 1.00 e. The molecule has 1 aliphatic rings. The van der Waals surface area contributed by atoms with Crippen molar-refractivity contribution in [3.05, 3.63) is 58.7 Å². The zero-order valence-corrected chi connectivity index (χ0v) is 18.8. The molecule has 0 bridgehead atoms. The van der Waals surface area contributed by atoms with E-state index in [1.54, 1.807) is 0 Å². The normalized spacial score (nSPS) is 10.3. The fourth-order valence-electron chi connectivity index (χ4n) is 2.33. The molecule has 2 aromatic rings. The van der Waals surface area contributed by atoms with Crippen molar-refractivity contribution in [2.24, 2.45) is 0 Å². The number of aromatic carboxylic acids is 2. The van der Waals surface area contributed by atoms with Crippen molar-refractivity contribution in [2.75, 3.05) is 0 Å². The third-order valence-corrected chi connectivity index (χ3v) is 3.29. The van der Waals surface area contributed by atoms with E-state index < -0.39 is 17.7 Å². The second-order valence-corrected chi connectivity index (χ2v) is 4.42. The molecule has 23 heavy (non-hydrogen) atoms. The summed E-state index contributed by atoms with van der Waals surface area (Å²) >= 11 is 0. The van der Waals surface area contributed by atoms with Crippen LogP contribution in [0.25, 0.3) is 11.1 Å². The molecule has 8 heteroatoms. The molecule has 0 spiro atoms. The minimum Gasteiger partial charge on any atom is -0.545 e. The molecular weight excluding hydrogens is 354 g/mol. The van der Waals surface area contributed by atoms with Crippen molar-refractivity contribution >= 4 is 17.7 Å². The number of rotatable bonds is 2. The van der Waals surface area contributed by atoms with E-state index in [1.807, 2.05) is 0 Å².